The predicted octanol–water partition coefficient (Wildman–Crippen LogP) is 1.73. The van der Waals surface area contributed by atoms with Crippen molar-refractivity contribution in [3.05, 3.63) is 48.5 Å². The minimum atomic E-state index is -0.105. The van der Waals surface area contributed by atoms with Gasteiger partial charge in [0.2, 0.25) is 6.33 Å². The lowest BCUT2D eigenvalue weighted by Gasteiger charge is -2.04. The van der Waals surface area contributed by atoms with E-state index in [0.29, 0.717) is 11.3 Å². The molecule has 1 aromatic heterocycles. The van der Waals surface area contributed by atoms with Gasteiger partial charge in [-0.15, -0.1) is 17.0 Å². The van der Waals surface area contributed by atoms with Crippen molar-refractivity contribution < 1.29 is 14.2 Å². The van der Waals surface area contributed by atoms with E-state index in [2.05, 4.69) is 5.32 Å². The SMILES string of the molecule is Br.CC(=O)c1ccc(NC(=O)Cn2cc[n+](C)c2)cc1. The van der Waals surface area contributed by atoms with E-state index in [9.17, 15) is 9.59 Å². The maximum atomic E-state index is 11.8. The number of amides is 1. The highest BCUT2D eigenvalue weighted by Gasteiger charge is 2.08. The Kier molecular flexibility index (Phi) is 5.64. The molecule has 0 fully saturated rings. The summed E-state index contributed by atoms with van der Waals surface area (Å²) in [5.74, 6) is -0.0931. The fraction of sp³-hybridized carbons (Fsp3) is 0.214. The zero-order valence-corrected chi connectivity index (χ0v) is 13.1. The average molecular weight is 339 g/mol. The van der Waals surface area contributed by atoms with Gasteiger partial charge in [-0.3, -0.25) is 9.59 Å². The van der Waals surface area contributed by atoms with Gasteiger partial charge in [0, 0.05) is 11.3 Å². The summed E-state index contributed by atoms with van der Waals surface area (Å²) in [6.07, 6.45) is 5.53. The van der Waals surface area contributed by atoms with Crippen molar-refractivity contribution in [1.29, 1.82) is 0 Å². The molecule has 0 saturated heterocycles. The largest absolute Gasteiger partial charge is 0.323 e. The maximum absolute atomic E-state index is 11.8. The summed E-state index contributed by atoms with van der Waals surface area (Å²) in [7, 11) is 1.90. The summed E-state index contributed by atoms with van der Waals surface area (Å²) in [4.78, 5) is 22.9. The van der Waals surface area contributed by atoms with E-state index >= 15 is 0 Å². The van der Waals surface area contributed by atoms with Crippen LogP contribution in [0.4, 0.5) is 5.69 Å². The number of nitrogens with one attached hydrogen (secondary N) is 1. The monoisotopic (exact) mass is 338 g/mol. The molecule has 2 aromatic rings. The maximum Gasteiger partial charge on any atom is 0.266 e. The van der Waals surface area contributed by atoms with Gasteiger partial charge in [0.1, 0.15) is 12.4 Å². The number of Topliss-reactive ketones (excluding diaryl/α,β-unsaturated/α-hetero) is 1. The molecular formula is C14H17BrN3O2+. The number of halogens is 1. The predicted molar refractivity (Wildman–Crippen MR) is 81.0 cm³/mol. The molecule has 0 atom stereocenters. The van der Waals surface area contributed by atoms with Crippen molar-refractivity contribution in [1.82, 2.24) is 4.57 Å². The number of nitrogens with zero attached hydrogens (tertiary/aromatic N) is 2. The fourth-order valence-corrected chi connectivity index (χ4v) is 1.75. The van der Waals surface area contributed by atoms with E-state index in [4.69, 9.17) is 0 Å². The second-order valence-corrected chi connectivity index (χ2v) is 4.43. The van der Waals surface area contributed by atoms with Crippen molar-refractivity contribution in [2.75, 3.05) is 5.32 Å². The van der Waals surface area contributed by atoms with Gasteiger partial charge in [-0.25, -0.2) is 9.13 Å². The Morgan fingerprint density at radius 2 is 1.90 bits per heavy atom. The molecule has 1 aromatic carbocycles. The fourth-order valence-electron chi connectivity index (χ4n) is 1.75. The number of rotatable bonds is 4. The molecule has 1 amide bonds. The van der Waals surface area contributed by atoms with Crippen LogP contribution in [-0.4, -0.2) is 16.3 Å². The lowest BCUT2D eigenvalue weighted by atomic mass is 10.1. The van der Waals surface area contributed by atoms with E-state index < -0.39 is 0 Å². The quantitative estimate of drug-likeness (QED) is 0.681. The first-order valence-corrected chi connectivity index (χ1v) is 5.96. The third kappa shape index (κ3) is 4.31. The van der Waals surface area contributed by atoms with Crippen LogP contribution in [0.5, 0.6) is 0 Å². The molecule has 1 N–H and O–H groups in total. The third-order valence-corrected chi connectivity index (χ3v) is 2.73. The number of hydrogen-bond donors (Lipinski definition) is 1. The number of imidazole rings is 1. The molecule has 0 unspecified atom stereocenters. The van der Waals surface area contributed by atoms with Gasteiger partial charge in [-0.2, -0.15) is 0 Å². The molecule has 106 valence electrons. The third-order valence-electron chi connectivity index (χ3n) is 2.73. The second kappa shape index (κ2) is 7.00. The Labute approximate surface area is 128 Å². The van der Waals surface area contributed by atoms with Gasteiger partial charge < -0.3 is 5.32 Å². The number of carbonyl (C=O) groups excluding carboxylic acids is 2. The molecule has 2 rings (SSSR count). The Morgan fingerprint density at radius 3 is 2.40 bits per heavy atom. The van der Waals surface area contributed by atoms with Crippen LogP contribution < -0.4 is 9.88 Å². The van der Waals surface area contributed by atoms with Gasteiger partial charge in [0.15, 0.2) is 12.3 Å². The Morgan fingerprint density at radius 1 is 1.25 bits per heavy atom. The van der Waals surface area contributed by atoms with Crippen molar-refractivity contribution in [3.63, 3.8) is 0 Å². The molecule has 0 saturated carbocycles. The van der Waals surface area contributed by atoms with Gasteiger partial charge in [0.05, 0.1) is 7.05 Å². The molecule has 20 heavy (non-hydrogen) atoms. The first-order valence-electron chi connectivity index (χ1n) is 5.96. The molecule has 5 nitrogen and oxygen atoms in total. The molecule has 0 radical (unpaired) electrons. The summed E-state index contributed by atoms with van der Waals surface area (Å²) in [6, 6.07) is 6.86. The van der Waals surface area contributed by atoms with E-state index in [1.165, 1.54) is 6.92 Å². The lowest BCUT2D eigenvalue weighted by Crippen LogP contribution is -2.25. The molecule has 6 heteroatoms. The van der Waals surface area contributed by atoms with E-state index in [1.54, 1.807) is 28.8 Å². The minimum Gasteiger partial charge on any atom is -0.323 e. The standard InChI is InChI=1S/C14H15N3O2.BrH/c1-11(18)12-3-5-13(6-4-12)15-14(19)9-17-8-7-16(2)10-17;/h3-8,10H,9H2,1-2H3;1H/p+1. The van der Waals surface area contributed by atoms with Gasteiger partial charge in [-0.1, -0.05) is 0 Å². The van der Waals surface area contributed by atoms with Crippen molar-refractivity contribution >= 4 is 34.4 Å². The van der Waals surface area contributed by atoms with Crippen LogP contribution in [0.3, 0.4) is 0 Å². The minimum absolute atomic E-state index is 0. The first-order chi connectivity index (χ1) is 9.04. The zero-order valence-electron chi connectivity index (χ0n) is 11.4. The van der Waals surface area contributed by atoms with E-state index in [0.717, 1.165) is 0 Å². The number of hydrogen-bond acceptors (Lipinski definition) is 2. The highest BCUT2D eigenvalue weighted by atomic mass is 79.9. The number of aromatic nitrogens is 2. The highest BCUT2D eigenvalue weighted by Crippen LogP contribution is 2.10. The molecular weight excluding hydrogens is 322 g/mol. The van der Waals surface area contributed by atoms with Crippen molar-refractivity contribution in [3.8, 4) is 0 Å². The number of ketones is 1. The van der Waals surface area contributed by atoms with Crippen LogP contribution in [0.15, 0.2) is 43.0 Å². The summed E-state index contributed by atoms with van der Waals surface area (Å²) in [5.41, 5.74) is 1.32. The van der Waals surface area contributed by atoms with Crippen LogP contribution in [-0.2, 0) is 18.4 Å². The summed E-state index contributed by atoms with van der Waals surface area (Å²) in [6.45, 7) is 1.77. The summed E-state index contributed by atoms with van der Waals surface area (Å²) >= 11 is 0. The van der Waals surface area contributed by atoms with Crippen LogP contribution in [0.25, 0.3) is 0 Å². The van der Waals surface area contributed by atoms with Gasteiger partial charge >= 0.3 is 0 Å². The Hall–Kier alpha value is -1.95. The van der Waals surface area contributed by atoms with Gasteiger partial charge in [0.25, 0.3) is 5.91 Å². The summed E-state index contributed by atoms with van der Waals surface area (Å²) < 4.78 is 3.66. The van der Waals surface area contributed by atoms with E-state index in [-0.39, 0.29) is 35.2 Å². The molecule has 0 aliphatic carbocycles. The second-order valence-electron chi connectivity index (χ2n) is 4.43. The number of anilines is 1. The Balaban J connectivity index is 0.00000200. The summed E-state index contributed by atoms with van der Waals surface area (Å²) in [5, 5.41) is 2.79. The number of carbonyl (C=O) groups is 2. The van der Waals surface area contributed by atoms with Crippen LogP contribution >= 0.6 is 17.0 Å². The average Bonchev–Trinajstić information content (AvgIpc) is 2.75. The van der Waals surface area contributed by atoms with Crippen molar-refractivity contribution in [2.24, 2.45) is 7.05 Å². The molecule has 0 aliphatic rings. The molecule has 0 aliphatic heterocycles. The normalized spacial score (nSPS) is 9.70. The van der Waals surface area contributed by atoms with Gasteiger partial charge in [-0.05, 0) is 31.2 Å². The molecule has 0 bridgehead atoms. The van der Waals surface area contributed by atoms with Crippen LogP contribution in [0.2, 0.25) is 0 Å². The van der Waals surface area contributed by atoms with E-state index in [1.807, 2.05) is 30.3 Å². The zero-order chi connectivity index (χ0) is 13.8. The van der Waals surface area contributed by atoms with Crippen LogP contribution in [0.1, 0.15) is 17.3 Å². The number of aryl methyl sites for hydroxylation is 1. The molecule has 1 heterocycles. The Bertz CT molecular complexity index is 605. The highest BCUT2D eigenvalue weighted by molar-refractivity contribution is 8.93. The lowest BCUT2D eigenvalue weighted by molar-refractivity contribution is -0.671. The van der Waals surface area contributed by atoms with Crippen molar-refractivity contribution in [2.45, 2.75) is 13.5 Å². The number of benzene rings is 1. The smallest absolute Gasteiger partial charge is 0.266 e. The topological polar surface area (TPSA) is 55.0 Å². The first kappa shape index (κ1) is 16.1. The molecule has 0 spiro atoms. The van der Waals surface area contributed by atoms with Crippen LogP contribution in [0, 0.1) is 0 Å².